The van der Waals surface area contributed by atoms with E-state index in [1.54, 1.807) is 0 Å². The lowest BCUT2D eigenvalue weighted by Crippen LogP contribution is -2.38. The summed E-state index contributed by atoms with van der Waals surface area (Å²) in [4.78, 5) is 2.13. The van der Waals surface area contributed by atoms with Gasteiger partial charge in [-0.3, -0.25) is 0 Å². The quantitative estimate of drug-likeness (QED) is 0.725. The number of nitrogens with one attached hydrogen (secondary N) is 1. The molecule has 0 aromatic carbocycles. The summed E-state index contributed by atoms with van der Waals surface area (Å²) in [6.07, 6.45) is 0.823. The highest BCUT2D eigenvalue weighted by Gasteiger charge is 2.27. The van der Waals surface area contributed by atoms with E-state index < -0.39 is 9.84 Å². The molecule has 1 aliphatic rings. The highest BCUT2D eigenvalue weighted by atomic mass is 32.2. The van der Waals surface area contributed by atoms with Gasteiger partial charge in [0.25, 0.3) is 0 Å². The number of hydrogen-bond donors (Lipinski definition) is 1. The molecule has 0 aromatic rings. The Labute approximate surface area is 93.0 Å². The second-order valence-electron chi connectivity index (χ2n) is 4.84. The van der Waals surface area contributed by atoms with Gasteiger partial charge in [0.2, 0.25) is 0 Å². The highest BCUT2D eigenvalue weighted by molar-refractivity contribution is 7.91. The van der Waals surface area contributed by atoms with Crippen molar-refractivity contribution >= 4 is 9.84 Å². The molecule has 0 saturated carbocycles. The van der Waals surface area contributed by atoms with Crippen LogP contribution in [0.2, 0.25) is 0 Å². The lowest BCUT2D eigenvalue weighted by atomic mass is 10.1. The Hall–Kier alpha value is -0.130. The summed E-state index contributed by atoms with van der Waals surface area (Å²) >= 11 is 0. The summed E-state index contributed by atoms with van der Waals surface area (Å²) in [5, 5.41) is 3.39. The van der Waals surface area contributed by atoms with Gasteiger partial charge in [0.15, 0.2) is 9.84 Å². The van der Waals surface area contributed by atoms with Gasteiger partial charge < -0.3 is 10.2 Å². The molecule has 15 heavy (non-hydrogen) atoms. The molecule has 0 radical (unpaired) electrons. The van der Waals surface area contributed by atoms with E-state index in [1.807, 2.05) is 14.1 Å². The van der Waals surface area contributed by atoms with Gasteiger partial charge in [0, 0.05) is 12.6 Å². The SMILES string of the molecule is CC(CN(C)C)NCC1CCS(=O)(=O)C1. The van der Waals surface area contributed by atoms with Gasteiger partial charge in [-0.05, 0) is 39.9 Å². The molecule has 0 bridgehead atoms. The van der Waals surface area contributed by atoms with Crippen LogP contribution in [0.3, 0.4) is 0 Å². The van der Waals surface area contributed by atoms with Gasteiger partial charge in [0.05, 0.1) is 11.5 Å². The predicted molar refractivity (Wildman–Crippen MR) is 62.8 cm³/mol. The van der Waals surface area contributed by atoms with Crippen molar-refractivity contribution < 1.29 is 8.42 Å². The van der Waals surface area contributed by atoms with Crippen LogP contribution in [-0.4, -0.2) is 58.1 Å². The van der Waals surface area contributed by atoms with E-state index in [0.29, 0.717) is 23.5 Å². The molecule has 1 aliphatic heterocycles. The van der Waals surface area contributed by atoms with Crippen LogP contribution in [0.15, 0.2) is 0 Å². The second-order valence-corrected chi connectivity index (χ2v) is 7.07. The van der Waals surface area contributed by atoms with Crippen molar-refractivity contribution in [2.75, 3.05) is 38.7 Å². The minimum absolute atomic E-state index is 0.319. The summed E-state index contributed by atoms with van der Waals surface area (Å²) < 4.78 is 22.5. The maximum atomic E-state index is 11.2. The summed E-state index contributed by atoms with van der Waals surface area (Å²) in [7, 11) is 1.36. The van der Waals surface area contributed by atoms with E-state index in [4.69, 9.17) is 0 Å². The molecule has 1 rings (SSSR count). The summed E-state index contributed by atoms with van der Waals surface area (Å²) in [6.45, 7) is 3.94. The summed E-state index contributed by atoms with van der Waals surface area (Å²) in [6, 6.07) is 0.420. The summed E-state index contributed by atoms with van der Waals surface area (Å²) in [5.74, 6) is 1.07. The van der Waals surface area contributed by atoms with Crippen molar-refractivity contribution in [2.24, 2.45) is 5.92 Å². The third-order valence-electron chi connectivity index (χ3n) is 2.72. The maximum Gasteiger partial charge on any atom is 0.150 e. The third-order valence-corrected chi connectivity index (χ3v) is 4.56. The zero-order chi connectivity index (χ0) is 11.5. The average Bonchev–Trinajstić information content (AvgIpc) is 2.41. The van der Waals surface area contributed by atoms with Gasteiger partial charge in [-0.2, -0.15) is 0 Å². The van der Waals surface area contributed by atoms with Crippen molar-refractivity contribution in [1.29, 1.82) is 0 Å². The van der Waals surface area contributed by atoms with E-state index in [2.05, 4.69) is 17.1 Å². The summed E-state index contributed by atoms with van der Waals surface area (Å²) in [5.41, 5.74) is 0. The van der Waals surface area contributed by atoms with Crippen LogP contribution < -0.4 is 5.32 Å². The lowest BCUT2D eigenvalue weighted by molar-refractivity contribution is 0.339. The molecule has 1 heterocycles. The molecule has 2 unspecified atom stereocenters. The number of likely N-dealkylation sites (N-methyl/N-ethyl adjacent to an activating group) is 1. The Bertz CT molecular complexity index is 288. The zero-order valence-corrected chi connectivity index (χ0v) is 10.7. The third kappa shape index (κ3) is 4.95. The highest BCUT2D eigenvalue weighted by Crippen LogP contribution is 2.17. The van der Waals surface area contributed by atoms with E-state index in [0.717, 1.165) is 19.5 Å². The van der Waals surface area contributed by atoms with E-state index in [9.17, 15) is 8.42 Å². The van der Waals surface area contributed by atoms with Crippen molar-refractivity contribution in [2.45, 2.75) is 19.4 Å². The van der Waals surface area contributed by atoms with E-state index in [-0.39, 0.29) is 0 Å². The van der Waals surface area contributed by atoms with Crippen LogP contribution in [0.5, 0.6) is 0 Å². The number of nitrogens with zero attached hydrogens (tertiary/aromatic N) is 1. The monoisotopic (exact) mass is 234 g/mol. The van der Waals surface area contributed by atoms with Crippen LogP contribution in [-0.2, 0) is 9.84 Å². The standard InChI is InChI=1S/C10H22N2O2S/c1-9(7-12(2)3)11-6-10-4-5-15(13,14)8-10/h9-11H,4-8H2,1-3H3. The smallest absolute Gasteiger partial charge is 0.150 e. The molecule has 1 N–H and O–H groups in total. The first-order chi connectivity index (χ1) is 6.89. The minimum atomic E-state index is -2.72. The molecule has 0 spiro atoms. The van der Waals surface area contributed by atoms with Crippen LogP contribution in [0, 0.1) is 5.92 Å². The average molecular weight is 234 g/mol. The van der Waals surface area contributed by atoms with Gasteiger partial charge in [-0.1, -0.05) is 0 Å². The topological polar surface area (TPSA) is 49.4 Å². The fraction of sp³-hybridized carbons (Fsp3) is 1.00. The lowest BCUT2D eigenvalue weighted by Gasteiger charge is -2.19. The van der Waals surface area contributed by atoms with Crippen molar-refractivity contribution in [1.82, 2.24) is 10.2 Å². The molecule has 1 fully saturated rings. The van der Waals surface area contributed by atoms with Gasteiger partial charge in [-0.15, -0.1) is 0 Å². The molecule has 2 atom stereocenters. The Balaban J connectivity index is 2.21. The molecule has 1 saturated heterocycles. The number of rotatable bonds is 5. The molecule has 4 nitrogen and oxygen atoms in total. The Kier molecular flexibility index (Phi) is 4.55. The van der Waals surface area contributed by atoms with E-state index >= 15 is 0 Å². The fourth-order valence-electron chi connectivity index (χ4n) is 2.01. The van der Waals surface area contributed by atoms with Gasteiger partial charge in [0.1, 0.15) is 0 Å². The number of hydrogen-bond acceptors (Lipinski definition) is 4. The Morgan fingerprint density at radius 1 is 1.47 bits per heavy atom. The van der Waals surface area contributed by atoms with Crippen molar-refractivity contribution in [3.63, 3.8) is 0 Å². The van der Waals surface area contributed by atoms with Crippen molar-refractivity contribution in [3.8, 4) is 0 Å². The maximum absolute atomic E-state index is 11.2. The Morgan fingerprint density at radius 2 is 2.13 bits per heavy atom. The molecule has 0 amide bonds. The number of sulfone groups is 1. The first-order valence-corrected chi connectivity index (χ1v) is 7.30. The normalized spacial score (nSPS) is 27.1. The van der Waals surface area contributed by atoms with Crippen LogP contribution in [0.1, 0.15) is 13.3 Å². The first-order valence-electron chi connectivity index (χ1n) is 5.47. The minimum Gasteiger partial charge on any atom is -0.313 e. The van der Waals surface area contributed by atoms with Gasteiger partial charge >= 0.3 is 0 Å². The molecular formula is C10H22N2O2S. The zero-order valence-electron chi connectivity index (χ0n) is 9.86. The van der Waals surface area contributed by atoms with E-state index in [1.165, 1.54) is 0 Å². The fourth-order valence-corrected chi connectivity index (χ4v) is 3.87. The Morgan fingerprint density at radius 3 is 2.60 bits per heavy atom. The van der Waals surface area contributed by atoms with Crippen LogP contribution >= 0.6 is 0 Å². The van der Waals surface area contributed by atoms with Crippen molar-refractivity contribution in [3.05, 3.63) is 0 Å². The molecule has 5 heteroatoms. The molecular weight excluding hydrogens is 212 g/mol. The van der Waals surface area contributed by atoms with Crippen LogP contribution in [0.4, 0.5) is 0 Å². The molecule has 0 aliphatic carbocycles. The first kappa shape index (κ1) is 12.9. The predicted octanol–water partition coefficient (Wildman–Crippen LogP) is -0.0392. The molecule has 90 valence electrons. The molecule has 0 aromatic heterocycles. The second kappa shape index (κ2) is 5.27. The van der Waals surface area contributed by atoms with Crippen LogP contribution in [0.25, 0.3) is 0 Å². The van der Waals surface area contributed by atoms with Gasteiger partial charge in [-0.25, -0.2) is 8.42 Å². The largest absolute Gasteiger partial charge is 0.313 e.